The summed E-state index contributed by atoms with van der Waals surface area (Å²) in [6.07, 6.45) is 0.347. The van der Waals surface area contributed by atoms with Crippen LogP contribution in [0.15, 0.2) is 42.5 Å². The van der Waals surface area contributed by atoms with Gasteiger partial charge in [0.05, 0.1) is 12.0 Å². The number of halogens is 1. The smallest absolute Gasteiger partial charge is 0.311 e. The molecule has 1 atom stereocenters. The van der Waals surface area contributed by atoms with E-state index < -0.39 is 34.8 Å². The van der Waals surface area contributed by atoms with Crippen molar-refractivity contribution in [2.75, 3.05) is 13.7 Å². The van der Waals surface area contributed by atoms with Crippen LogP contribution in [0.2, 0.25) is 0 Å². The standard InChI is InChI=1S/C24H30FN3O6/c1-6-19(23(30)26-24(2,3)4)27(14-16-7-9-17(25)10-8-16)22(29)15-34-18-11-12-20(28(31)32)21(13-18)33-5/h7-13,19H,6,14-15H2,1-5H3,(H,26,30). The average molecular weight is 476 g/mol. The van der Waals surface area contributed by atoms with E-state index >= 15 is 0 Å². The van der Waals surface area contributed by atoms with E-state index in [1.54, 1.807) is 19.1 Å². The molecule has 0 bridgehead atoms. The van der Waals surface area contributed by atoms with E-state index in [1.807, 2.05) is 20.8 Å². The minimum Gasteiger partial charge on any atom is -0.490 e. The summed E-state index contributed by atoms with van der Waals surface area (Å²) in [6.45, 7) is 6.97. The van der Waals surface area contributed by atoms with Crippen LogP contribution in [0.3, 0.4) is 0 Å². The Morgan fingerprint density at radius 2 is 1.82 bits per heavy atom. The Kier molecular flexibility index (Phi) is 8.94. The van der Waals surface area contributed by atoms with Gasteiger partial charge in [-0.1, -0.05) is 19.1 Å². The van der Waals surface area contributed by atoms with Gasteiger partial charge in [0.2, 0.25) is 11.7 Å². The summed E-state index contributed by atoms with van der Waals surface area (Å²) in [5.74, 6) is -1.01. The lowest BCUT2D eigenvalue weighted by atomic mass is 10.1. The number of nitrogens with one attached hydrogen (secondary N) is 1. The SMILES string of the molecule is CCC(C(=O)NC(C)(C)C)N(Cc1ccc(F)cc1)C(=O)COc1ccc([N+](=O)[O-])c(OC)c1. The van der Waals surface area contributed by atoms with Crippen LogP contribution in [0.5, 0.6) is 11.5 Å². The largest absolute Gasteiger partial charge is 0.490 e. The van der Waals surface area contributed by atoms with Gasteiger partial charge in [-0.2, -0.15) is 0 Å². The minimum absolute atomic E-state index is 0.00546. The second kappa shape index (κ2) is 11.4. The molecule has 0 saturated heterocycles. The number of nitrogens with zero attached hydrogens (tertiary/aromatic N) is 2. The zero-order chi connectivity index (χ0) is 25.5. The van der Waals surface area contributed by atoms with Gasteiger partial charge >= 0.3 is 5.69 Å². The van der Waals surface area contributed by atoms with Crippen LogP contribution in [0.4, 0.5) is 10.1 Å². The molecular formula is C24H30FN3O6. The van der Waals surface area contributed by atoms with Gasteiger partial charge < -0.3 is 19.7 Å². The molecule has 0 radical (unpaired) electrons. The number of benzene rings is 2. The fraction of sp³-hybridized carbons (Fsp3) is 0.417. The average Bonchev–Trinajstić information content (AvgIpc) is 2.77. The van der Waals surface area contributed by atoms with Crippen LogP contribution in [-0.2, 0) is 16.1 Å². The van der Waals surface area contributed by atoms with Gasteiger partial charge in [0.25, 0.3) is 5.91 Å². The highest BCUT2D eigenvalue weighted by molar-refractivity contribution is 5.88. The molecule has 0 saturated carbocycles. The van der Waals surface area contributed by atoms with Crippen LogP contribution < -0.4 is 14.8 Å². The lowest BCUT2D eigenvalue weighted by molar-refractivity contribution is -0.385. The van der Waals surface area contributed by atoms with Crippen molar-refractivity contribution in [3.8, 4) is 11.5 Å². The normalized spacial score (nSPS) is 11.9. The predicted octanol–water partition coefficient (Wildman–Crippen LogP) is 3.84. The number of nitro benzene ring substituents is 1. The molecule has 2 aromatic carbocycles. The quantitative estimate of drug-likeness (QED) is 0.413. The maximum atomic E-state index is 13.4. The number of hydrogen-bond donors (Lipinski definition) is 1. The van der Waals surface area contributed by atoms with Gasteiger partial charge in [-0.05, 0) is 51.0 Å². The molecule has 1 N–H and O–H groups in total. The minimum atomic E-state index is -0.785. The Hall–Kier alpha value is -3.69. The fourth-order valence-electron chi connectivity index (χ4n) is 3.29. The molecule has 0 fully saturated rings. The molecule has 10 heteroatoms. The number of carbonyl (C=O) groups is 2. The number of ether oxygens (including phenoxy) is 2. The van der Waals surface area contributed by atoms with Gasteiger partial charge in [-0.3, -0.25) is 19.7 Å². The Bertz CT molecular complexity index is 1020. The van der Waals surface area contributed by atoms with Crippen LogP contribution in [0.1, 0.15) is 39.7 Å². The van der Waals surface area contributed by atoms with Crippen LogP contribution in [0.25, 0.3) is 0 Å². The Morgan fingerprint density at radius 3 is 2.35 bits per heavy atom. The summed E-state index contributed by atoms with van der Waals surface area (Å²) in [5.41, 5.74) is -0.0845. The molecule has 184 valence electrons. The fourth-order valence-corrected chi connectivity index (χ4v) is 3.29. The Balaban J connectivity index is 2.26. The number of hydrogen-bond acceptors (Lipinski definition) is 6. The molecule has 2 amide bonds. The van der Waals surface area contributed by atoms with Crippen LogP contribution >= 0.6 is 0 Å². The molecule has 0 spiro atoms. The van der Waals surface area contributed by atoms with Crippen molar-refractivity contribution in [1.29, 1.82) is 0 Å². The first-order chi connectivity index (χ1) is 15.9. The van der Waals surface area contributed by atoms with Crippen LogP contribution in [0, 0.1) is 15.9 Å². The first kappa shape index (κ1) is 26.6. The highest BCUT2D eigenvalue weighted by Gasteiger charge is 2.31. The molecule has 2 rings (SSSR count). The summed E-state index contributed by atoms with van der Waals surface area (Å²) in [5, 5.41) is 14.0. The number of methoxy groups -OCH3 is 1. The van der Waals surface area contributed by atoms with Crippen molar-refractivity contribution in [2.45, 2.75) is 52.2 Å². The molecule has 9 nitrogen and oxygen atoms in total. The highest BCUT2D eigenvalue weighted by Crippen LogP contribution is 2.30. The summed E-state index contributed by atoms with van der Waals surface area (Å²) in [4.78, 5) is 38.0. The predicted molar refractivity (Wildman–Crippen MR) is 124 cm³/mol. The van der Waals surface area contributed by atoms with E-state index in [4.69, 9.17) is 9.47 Å². The highest BCUT2D eigenvalue weighted by atomic mass is 19.1. The van der Waals surface area contributed by atoms with E-state index in [2.05, 4.69) is 5.32 Å². The monoisotopic (exact) mass is 475 g/mol. The van der Waals surface area contributed by atoms with Crippen molar-refractivity contribution in [3.05, 3.63) is 64.0 Å². The van der Waals surface area contributed by atoms with E-state index in [9.17, 15) is 24.1 Å². The summed E-state index contributed by atoms with van der Waals surface area (Å²) < 4.78 is 23.9. The first-order valence-corrected chi connectivity index (χ1v) is 10.8. The summed E-state index contributed by atoms with van der Waals surface area (Å²) >= 11 is 0. The summed E-state index contributed by atoms with van der Waals surface area (Å²) in [6, 6.07) is 8.79. The Labute approximate surface area is 198 Å². The topological polar surface area (TPSA) is 111 Å². The van der Waals surface area contributed by atoms with Gasteiger partial charge in [0.15, 0.2) is 6.61 Å². The molecule has 0 aliphatic rings. The second-order valence-electron chi connectivity index (χ2n) is 8.69. The van der Waals surface area contributed by atoms with Gasteiger partial charge in [-0.15, -0.1) is 0 Å². The lowest BCUT2D eigenvalue weighted by Gasteiger charge is -2.33. The first-order valence-electron chi connectivity index (χ1n) is 10.8. The van der Waals surface area contributed by atoms with Gasteiger partial charge in [-0.25, -0.2) is 4.39 Å². The molecule has 0 aliphatic heterocycles. The van der Waals surface area contributed by atoms with Crippen LogP contribution in [-0.4, -0.2) is 46.9 Å². The Morgan fingerprint density at radius 1 is 1.18 bits per heavy atom. The third-order valence-corrected chi connectivity index (χ3v) is 4.86. The number of rotatable bonds is 10. The van der Waals surface area contributed by atoms with Crippen molar-refractivity contribution < 1.29 is 28.4 Å². The van der Waals surface area contributed by atoms with E-state index in [-0.39, 0.29) is 29.6 Å². The molecular weight excluding hydrogens is 445 g/mol. The summed E-state index contributed by atoms with van der Waals surface area (Å²) in [7, 11) is 1.29. The van der Waals surface area contributed by atoms with E-state index in [1.165, 1.54) is 42.3 Å². The number of amides is 2. The maximum Gasteiger partial charge on any atom is 0.311 e. The molecule has 1 unspecified atom stereocenters. The third-order valence-electron chi connectivity index (χ3n) is 4.86. The molecule has 0 aliphatic carbocycles. The van der Waals surface area contributed by atoms with E-state index in [0.29, 0.717) is 12.0 Å². The van der Waals surface area contributed by atoms with Crippen molar-refractivity contribution >= 4 is 17.5 Å². The number of nitro groups is 1. The van der Waals surface area contributed by atoms with Crippen molar-refractivity contribution in [2.24, 2.45) is 0 Å². The van der Waals surface area contributed by atoms with Crippen molar-refractivity contribution in [1.82, 2.24) is 10.2 Å². The van der Waals surface area contributed by atoms with E-state index in [0.717, 1.165) is 0 Å². The van der Waals surface area contributed by atoms with Gasteiger partial charge in [0.1, 0.15) is 17.6 Å². The zero-order valence-electron chi connectivity index (χ0n) is 20.0. The second-order valence-corrected chi connectivity index (χ2v) is 8.69. The van der Waals surface area contributed by atoms with Gasteiger partial charge in [0, 0.05) is 24.2 Å². The third kappa shape index (κ3) is 7.43. The number of carbonyl (C=O) groups excluding carboxylic acids is 2. The zero-order valence-corrected chi connectivity index (χ0v) is 20.0. The molecule has 2 aromatic rings. The lowest BCUT2D eigenvalue weighted by Crippen LogP contribution is -2.54. The molecule has 0 heterocycles. The molecule has 34 heavy (non-hydrogen) atoms. The molecule has 0 aromatic heterocycles. The van der Waals surface area contributed by atoms with Crippen molar-refractivity contribution in [3.63, 3.8) is 0 Å². The maximum absolute atomic E-state index is 13.4.